The highest BCUT2D eigenvalue weighted by molar-refractivity contribution is 7.09. The highest BCUT2D eigenvalue weighted by Gasteiger charge is 2.57. The van der Waals surface area contributed by atoms with E-state index in [1.54, 1.807) is 18.4 Å². The summed E-state index contributed by atoms with van der Waals surface area (Å²) < 4.78 is 5.67. The van der Waals surface area contributed by atoms with Crippen molar-refractivity contribution in [2.75, 3.05) is 20.7 Å². The summed E-state index contributed by atoms with van der Waals surface area (Å²) in [5.74, 6) is 0.850. The Hall–Kier alpha value is -1.14. The lowest BCUT2D eigenvalue weighted by atomic mass is 9.56. The van der Waals surface area contributed by atoms with E-state index < -0.39 is 0 Å². The van der Waals surface area contributed by atoms with Gasteiger partial charge < -0.3 is 15.4 Å². The molecular formula is C16H28N4OS. The van der Waals surface area contributed by atoms with Crippen molar-refractivity contribution >= 4 is 17.3 Å². The van der Waals surface area contributed by atoms with Gasteiger partial charge in [0.15, 0.2) is 5.96 Å². The highest BCUT2D eigenvalue weighted by Crippen LogP contribution is 2.51. The third-order valence-electron chi connectivity index (χ3n) is 5.15. The average Bonchev–Trinajstić information content (AvgIpc) is 2.90. The van der Waals surface area contributed by atoms with E-state index in [4.69, 9.17) is 4.74 Å². The van der Waals surface area contributed by atoms with Crippen molar-refractivity contribution in [1.29, 1.82) is 0 Å². The number of nitrogens with one attached hydrogen (secondary N) is 2. The predicted molar refractivity (Wildman–Crippen MR) is 92.7 cm³/mol. The third kappa shape index (κ3) is 3.27. The number of guanidine groups is 1. The maximum Gasteiger partial charge on any atom is 0.191 e. The molecule has 5 nitrogen and oxygen atoms in total. The zero-order chi connectivity index (χ0) is 16.4. The number of nitrogens with zero attached hydrogens (tertiary/aromatic N) is 2. The van der Waals surface area contributed by atoms with Crippen molar-refractivity contribution < 1.29 is 4.74 Å². The van der Waals surface area contributed by atoms with E-state index >= 15 is 0 Å². The van der Waals surface area contributed by atoms with Crippen molar-refractivity contribution in [2.45, 2.75) is 52.2 Å². The van der Waals surface area contributed by atoms with Crippen LogP contribution in [0.3, 0.4) is 0 Å². The van der Waals surface area contributed by atoms with Crippen molar-refractivity contribution in [2.24, 2.45) is 10.4 Å². The third-order valence-corrected chi connectivity index (χ3v) is 5.98. The molecule has 1 aliphatic carbocycles. The molecule has 2 unspecified atom stereocenters. The maximum absolute atomic E-state index is 5.67. The molecule has 1 heterocycles. The Bertz CT molecular complexity index is 540. The van der Waals surface area contributed by atoms with Crippen LogP contribution in [0.2, 0.25) is 0 Å². The molecule has 1 aromatic rings. The fourth-order valence-corrected chi connectivity index (χ4v) is 3.56. The molecule has 0 aromatic carbocycles. The van der Waals surface area contributed by atoms with Crippen molar-refractivity contribution in [3.8, 4) is 0 Å². The van der Waals surface area contributed by atoms with Gasteiger partial charge in [0, 0.05) is 44.0 Å². The molecule has 124 valence electrons. The monoisotopic (exact) mass is 324 g/mol. The summed E-state index contributed by atoms with van der Waals surface area (Å²) in [5.41, 5.74) is 1.15. The minimum atomic E-state index is -0.0678. The number of aromatic nitrogens is 1. The molecule has 2 N–H and O–H groups in total. The average molecular weight is 324 g/mol. The molecule has 0 spiro atoms. The molecule has 0 radical (unpaired) electrons. The second-order valence-electron chi connectivity index (χ2n) is 6.66. The van der Waals surface area contributed by atoms with Gasteiger partial charge in [0.05, 0.1) is 16.3 Å². The number of ether oxygens (including phenoxy) is 1. The fourth-order valence-electron chi connectivity index (χ4n) is 2.91. The van der Waals surface area contributed by atoms with Gasteiger partial charge in [-0.05, 0) is 20.3 Å². The SMILES string of the molecule is CN=C(NCCc1csc(C)n1)NC1CC(C)(OC)C1(C)C. The number of hydrogen-bond acceptors (Lipinski definition) is 4. The van der Waals surface area contributed by atoms with Crippen molar-refractivity contribution in [3.05, 3.63) is 16.1 Å². The van der Waals surface area contributed by atoms with Crippen LogP contribution in [-0.2, 0) is 11.2 Å². The van der Waals surface area contributed by atoms with Crippen LogP contribution >= 0.6 is 11.3 Å². The van der Waals surface area contributed by atoms with Crippen molar-refractivity contribution in [1.82, 2.24) is 15.6 Å². The molecule has 0 bridgehead atoms. The predicted octanol–water partition coefficient (Wildman–Crippen LogP) is 2.36. The van der Waals surface area contributed by atoms with Crippen LogP contribution in [-0.4, -0.2) is 43.3 Å². The molecular weight excluding hydrogens is 296 g/mol. The summed E-state index contributed by atoms with van der Waals surface area (Å²) >= 11 is 1.70. The highest BCUT2D eigenvalue weighted by atomic mass is 32.1. The first-order valence-corrected chi connectivity index (χ1v) is 8.63. The summed E-state index contributed by atoms with van der Waals surface area (Å²) in [6.07, 6.45) is 1.90. The summed E-state index contributed by atoms with van der Waals surface area (Å²) in [6.45, 7) is 9.52. The molecule has 2 rings (SSSR count). The Morgan fingerprint density at radius 3 is 2.73 bits per heavy atom. The number of aliphatic imine (C=N–C) groups is 1. The summed E-state index contributed by atoms with van der Waals surface area (Å²) in [5, 5.41) is 10.1. The largest absolute Gasteiger partial charge is 0.378 e. The van der Waals surface area contributed by atoms with E-state index in [1.807, 2.05) is 14.0 Å². The lowest BCUT2D eigenvalue weighted by molar-refractivity contribution is -0.176. The van der Waals surface area contributed by atoms with Crippen LogP contribution < -0.4 is 10.6 Å². The maximum atomic E-state index is 5.67. The first kappa shape index (κ1) is 17.2. The van der Waals surface area contributed by atoms with Gasteiger partial charge in [-0.25, -0.2) is 4.98 Å². The van der Waals surface area contributed by atoms with Gasteiger partial charge in [-0.3, -0.25) is 4.99 Å². The molecule has 1 saturated carbocycles. The van der Waals surface area contributed by atoms with Crippen LogP contribution in [0.5, 0.6) is 0 Å². The summed E-state index contributed by atoms with van der Waals surface area (Å²) in [7, 11) is 3.60. The topological polar surface area (TPSA) is 58.5 Å². The Kier molecular flexibility index (Phi) is 5.12. The van der Waals surface area contributed by atoms with E-state index in [-0.39, 0.29) is 11.0 Å². The molecule has 6 heteroatoms. The molecule has 2 atom stereocenters. The van der Waals surface area contributed by atoms with Gasteiger partial charge >= 0.3 is 0 Å². The lowest BCUT2D eigenvalue weighted by Gasteiger charge is -2.59. The molecule has 1 aromatic heterocycles. The smallest absolute Gasteiger partial charge is 0.191 e. The minimum absolute atomic E-state index is 0.0678. The second kappa shape index (κ2) is 6.54. The number of thiazole rings is 1. The van der Waals surface area contributed by atoms with E-state index in [0.29, 0.717) is 6.04 Å². The molecule has 22 heavy (non-hydrogen) atoms. The Balaban J connectivity index is 1.81. The first-order chi connectivity index (χ1) is 10.3. The normalized spacial score (nSPS) is 27.4. The Morgan fingerprint density at radius 1 is 1.50 bits per heavy atom. The van der Waals surface area contributed by atoms with Crippen LogP contribution in [0.25, 0.3) is 0 Å². The molecule has 0 amide bonds. The zero-order valence-corrected chi connectivity index (χ0v) is 15.3. The molecule has 1 fully saturated rings. The van der Waals surface area contributed by atoms with Gasteiger partial charge in [0.2, 0.25) is 0 Å². The van der Waals surface area contributed by atoms with E-state index in [1.165, 1.54) is 0 Å². The Labute approximate surface area is 137 Å². The van der Waals surface area contributed by atoms with E-state index in [2.05, 4.69) is 46.8 Å². The number of hydrogen-bond donors (Lipinski definition) is 2. The van der Waals surface area contributed by atoms with Crippen LogP contribution in [0, 0.1) is 12.3 Å². The molecule has 0 aliphatic heterocycles. The van der Waals surface area contributed by atoms with Crippen LogP contribution in [0.1, 0.15) is 37.9 Å². The zero-order valence-electron chi connectivity index (χ0n) is 14.5. The quantitative estimate of drug-likeness (QED) is 0.645. The second-order valence-corrected chi connectivity index (χ2v) is 7.73. The first-order valence-electron chi connectivity index (χ1n) is 7.76. The number of methoxy groups -OCH3 is 1. The van der Waals surface area contributed by atoms with Gasteiger partial charge in [-0.2, -0.15) is 0 Å². The molecule has 0 saturated heterocycles. The number of rotatable bonds is 5. The standard InChI is InChI=1S/C16H28N4OS/c1-11-19-12(10-22-11)7-8-18-14(17-5)20-13-9-16(4,21-6)15(13,2)3/h10,13H,7-9H2,1-6H3,(H2,17,18,20). The van der Waals surface area contributed by atoms with Gasteiger partial charge in [0.25, 0.3) is 0 Å². The Morgan fingerprint density at radius 2 is 2.23 bits per heavy atom. The van der Waals surface area contributed by atoms with Crippen molar-refractivity contribution in [3.63, 3.8) is 0 Å². The molecule has 1 aliphatic rings. The van der Waals surface area contributed by atoms with Gasteiger partial charge in [0.1, 0.15) is 0 Å². The van der Waals surface area contributed by atoms with Gasteiger partial charge in [-0.15, -0.1) is 11.3 Å². The number of aryl methyl sites for hydroxylation is 1. The minimum Gasteiger partial charge on any atom is -0.378 e. The summed E-state index contributed by atoms with van der Waals surface area (Å²) in [4.78, 5) is 8.80. The van der Waals surface area contributed by atoms with E-state index in [0.717, 1.165) is 36.0 Å². The van der Waals surface area contributed by atoms with E-state index in [9.17, 15) is 0 Å². The van der Waals surface area contributed by atoms with Crippen LogP contribution in [0.15, 0.2) is 10.4 Å². The van der Waals surface area contributed by atoms with Crippen LogP contribution in [0.4, 0.5) is 0 Å². The lowest BCUT2D eigenvalue weighted by Crippen LogP contribution is -2.69. The van der Waals surface area contributed by atoms with Gasteiger partial charge in [-0.1, -0.05) is 13.8 Å². The summed E-state index contributed by atoms with van der Waals surface area (Å²) in [6, 6.07) is 0.366. The fraction of sp³-hybridized carbons (Fsp3) is 0.750.